The van der Waals surface area contributed by atoms with Gasteiger partial charge in [-0.05, 0) is 19.8 Å². The highest BCUT2D eigenvalue weighted by Crippen LogP contribution is 2.22. The van der Waals surface area contributed by atoms with Gasteiger partial charge in [0.1, 0.15) is 6.61 Å². The summed E-state index contributed by atoms with van der Waals surface area (Å²) < 4.78 is 7.22. The molecule has 2 amide bonds. The summed E-state index contributed by atoms with van der Waals surface area (Å²) in [6.07, 6.45) is 4.08. The first-order chi connectivity index (χ1) is 13.5. The van der Waals surface area contributed by atoms with Crippen molar-refractivity contribution in [3.63, 3.8) is 0 Å². The fraction of sp³-hybridized carbons (Fsp3) is 0.722. The maximum Gasteiger partial charge on any atom is 0.290 e. The third-order valence-corrected chi connectivity index (χ3v) is 4.99. The molecule has 3 heterocycles. The van der Waals surface area contributed by atoms with Crippen molar-refractivity contribution < 1.29 is 24.2 Å². The molecule has 1 aromatic rings. The Balaban J connectivity index is 0.000000878. The number of rotatable bonds is 5. The highest BCUT2D eigenvalue weighted by molar-refractivity contribution is 5.79. The van der Waals surface area contributed by atoms with Crippen LogP contribution in [0.15, 0.2) is 0 Å². The van der Waals surface area contributed by atoms with Crippen LogP contribution in [0.5, 0.6) is 0 Å². The zero-order chi connectivity index (χ0) is 20.5. The number of aromatic nitrogens is 3. The Hall–Kier alpha value is -2.49. The maximum atomic E-state index is 12.6. The van der Waals surface area contributed by atoms with Crippen molar-refractivity contribution in [3.8, 4) is 0 Å². The van der Waals surface area contributed by atoms with Crippen LogP contribution in [0.4, 0.5) is 0 Å². The van der Waals surface area contributed by atoms with Crippen LogP contribution in [-0.4, -0.2) is 74.7 Å². The van der Waals surface area contributed by atoms with Crippen LogP contribution in [-0.2, 0) is 32.3 Å². The van der Waals surface area contributed by atoms with Crippen molar-refractivity contribution in [2.24, 2.45) is 0 Å². The molecular weight excluding hydrogens is 366 g/mol. The van der Waals surface area contributed by atoms with Gasteiger partial charge < -0.3 is 24.2 Å². The first-order valence-corrected chi connectivity index (χ1v) is 9.56. The highest BCUT2D eigenvalue weighted by Gasteiger charge is 2.29. The van der Waals surface area contributed by atoms with Crippen LogP contribution in [0.25, 0.3) is 0 Å². The van der Waals surface area contributed by atoms with Crippen molar-refractivity contribution in [1.29, 1.82) is 0 Å². The normalized spacial score (nSPS) is 19.4. The molecule has 0 aromatic carbocycles. The third kappa shape index (κ3) is 5.51. The number of fused-ring (bicyclic) bond motifs is 1. The smallest absolute Gasteiger partial charge is 0.290 e. The lowest BCUT2D eigenvalue weighted by Gasteiger charge is -2.33. The Kier molecular flexibility index (Phi) is 8.37. The molecule has 0 bridgehead atoms. The topological polar surface area (TPSA) is 118 Å². The molecule has 1 atom stereocenters. The molecule has 10 nitrogen and oxygen atoms in total. The quantitative estimate of drug-likeness (QED) is 0.733. The van der Waals surface area contributed by atoms with Gasteiger partial charge in [-0.3, -0.25) is 14.4 Å². The van der Waals surface area contributed by atoms with E-state index in [0.717, 1.165) is 37.5 Å². The largest absolute Gasteiger partial charge is 0.483 e. The second-order valence-corrected chi connectivity index (χ2v) is 7.01. The number of amides is 2. The number of ether oxygens (including phenoxy) is 1. The SMILES string of the molecule is COCc1nnc2n1[C@@H](C)CN(C(=O)CCN1CCCCCC1=O)C2.O=CO. The summed E-state index contributed by atoms with van der Waals surface area (Å²) in [4.78, 5) is 36.7. The van der Waals surface area contributed by atoms with Crippen LogP contribution in [0, 0.1) is 0 Å². The summed E-state index contributed by atoms with van der Waals surface area (Å²) in [6, 6.07) is 0.118. The van der Waals surface area contributed by atoms with Crippen molar-refractivity contribution in [2.45, 2.75) is 58.2 Å². The predicted octanol–water partition coefficient (Wildman–Crippen LogP) is 0.821. The summed E-state index contributed by atoms with van der Waals surface area (Å²) in [6.45, 7) is 4.62. The second kappa shape index (κ2) is 10.7. The van der Waals surface area contributed by atoms with Gasteiger partial charge in [0.25, 0.3) is 6.47 Å². The van der Waals surface area contributed by atoms with E-state index in [4.69, 9.17) is 14.6 Å². The van der Waals surface area contributed by atoms with Crippen LogP contribution >= 0.6 is 0 Å². The minimum Gasteiger partial charge on any atom is -0.483 e. The average Bonchev–Trinajstić information content (AvgIpc) is 2.96. The molecule has 1 N–H and O–H groups in total. The van der Waals surface area contributed by atoms with Gasteiger partial charge in [0, 0.05) is 39.6 Å². The molecular formula is C18H29N5O5. The lowest BCUT2D eigenvalue weighted by Crippen LogP contribution is -2.42. The van der Waals surface area contributed by atoms with Crippen molar-refractivity contribution in [2.75, 3.05) is 26.7 Å². The van der Waals surface area contributed by atoms with Crippen molar-refractivity contribution >= 4 is 18.3 Å². The fourth-order valence-corrected chi connectivity index (χ4v) is 3.69. The number of nitrogens with zero attached hydrogens (tertiary/aromatic N) is 5. The van der Waals surface area contributed by atoms with Crippen LogP contribution in [0.3, 0.4) is 0 Å². The summed E-state index contributed by atoms with van der Waals surface area (Å²) in [7, 11) is 1.63. The molecule has 3 rings (SSSR count). The number of carboxylic acid groups (broad SMARTS) is 1. The van der Waals surface area contributed by atoms with Crippen molar-refractivity contribution in [1.82, 2.24) is 24.6 Å². The number of hydrogen-bond donors (Lipinski definition) is 1. The zero-order valence-corrected chi connectivity index (χ0v) is 16.5. The molecule has 0 spiro atoms. The van der Waals surface area contributed by atoms with Gasteiger partial charge in [0.05, 0.1) is 12.6 Å². The van der Waals surface area contributed by atoms with E-state index < -0.39 is 0 Å². The monoisotopic (exact) mass is 395 g/mol. The molecule has 10 heteroatoms. The fourth-order valence-electron chi connectivity index (χ4n) is 3.69. The van der Waals surface area contributed by atoms with E-state index in [1.807, 2.05) is 9.80 Å². The van der Waals surface area contributed by atoms with Gasteiger partial charge in [-0.2, -0.15) is 0 Å². The third-order valence-electron chi connectivity index (χ3n) is 4.99. The van der Waals surface area contributed by atoms with Gasteiger partial charge in [0.2, 0.25) is 11.8 Å². The number of carbonyl (C=O) groups excluding carboxylic acids is 2. The predicted molar refractivity (Wildman–Crippen MR) is 99.2 cm³/mol. The maximum absolute atomic E-state index is 12.6. The van der Waals surface area contributed by atoms with E-state index in [1.54, 1.807) is 7.11 Å². The summed E-state index contributed by atoms with van der Waals surface area (Å²) in [5, 5.41) is 15.3. The Labute approximate surface area is 164 Å². The molecule has 0 radical (unpaired) electrons. The van der Waals surface area contributed by atoms with E-state index in [-0.39, 0.29) is 24.3 Å². The Bertz CT molecular complexity index is 677. The average molecular weight is 395 g/mol. The molecule has 28 heavy (non-hydrogen) atoms. The van der Waals surface area contributed by atoms with Gasteiger partial charge in [-0.15, -0.1) is 10.2 Å². The van der Waals surface area contributed by atoms with E-state index >= 15 is 0 Å². The van der Waals surface area contributed by atoms with Gasteiger partial charge in [-0.25, -0.2) is 0 Å². The van der Waals surface area contributed by atoms with Gasteiger partial charge >= 0.3 is 0 Å². The Morgan fingerprint density at radius 1 is 1.32 bits per heavy atom. The molecule has 2 aliphatic rings. The van der Waals surface area contributed by atoms with Crippen LogP contribution < -0.4 is 0 Å². The summed E-state index contributed by atoms with van der Waals surface area (Å²) in [5.74, 6) is 1.85. The van der Waals surface area contributed by atoms with Gasteiger partial charge in [-0.1, -0.05) is 6.42 Å². The summed E-state index contributed by atoms with van der Waals surface area (Å²) >= 11 is 0. The molecule has 0 saturated carbocycles. The highest BCUT2D eigenvalue weighted by atomic mass is 16.5. The minimum absolute atomic E-state index is 0.0754. The van der Waals surface area contributed by atoms with Gasteiger partial charge in [0.15, 0.2) is 11.6 Å². The van der Waals surface area contributed by atoms with E-state index in [1.165, 1.54) is 0 Å². The standard InChI is InChI=1S/C17H27N5O3.CH2O2/c1-13-10-21(11-14-18-19-15(12-25-2)22(13)14)17(24)7-9-20-8-5-3-4-6-16(20)23;2-1-3/h13H,3-12H2,1-2H3;1H,(H,2,3)/t13-;/m0./s1. The Morgan fingerprint density at radius 2 is 2.07 bits per heavy atom. The number of likely N-dealkylation sites (tertiary alicyclic amines) is 1. The molecule has 0 aliphatic carbocycles. The Morgan fingerprint density at radius 3 is 2.79 bits per heavy atom. The van der Waals surface area contributed by atoms with Crippen LogP contribution in [0.2, 0.25) is 0 Å². The molecule has 1 saturated heterocycles. The second-order valence-electron chi connectivity index (χ2n) is 7.01. The van der Waals surface area contributed by atoms with Crippen molar-refractivity contribution in [3.05, 3.63) is 11.6 Å². The van der Waals surface area contributed by atoms with E-state index in [9.17, 15) is 9.59 Å². The first kappa shape index (κ1) is 21.8. The summed E-state index contributed by atoms with van der Waals surface area (Å²) in [5.41, 5.74) is 0. The molecule has 1 aromatic heterocycles. The molecule has 156 valence electrons. The molecule has 0 unspecified atom stereocenters. The number of methoxy groups -OCH3 is 1. The lowest BCUT2D eigenvalue weighted by atomic mass is 10.2. The lowest BCUT2D eigenvalue weighted by molar-refractivity contribution is -0.135. The minimum atomic E-state index is -0.250. The van der Waals surface area contributed by atoms with E-state index in [0.29, 0.717) is 39.1 Å². The van der Waals surface area contributed by atoms with E-state index in [2.05, 4.69) is 21.7 Å². The number of hydrogen-bond acceptors (Lipinski definition) is 6. The molecule has 1 fully saturated rings. The first-order valence-electron chi connectivity index (χ1n) is 9.56. The zero-order valence-electron chi connectivity index (χ0n) is 16.5. The number of carbonyl (C=O) groups is 3. The van der Waals surface area contributed by atoms with Crippen LogP contribution in [0.1, 0.15) is 56.7 Å². The molecule has 2 aliphatic heterocycles.